The van der Waals surface area contributed by atoms with Crippen LogP contribution in [-0.4, -0.2) is 35.8 Å². The quantitative estimate of drug-likeness (QED) is 0.699. The summed E-state index contributed by atoms with van der Waals surface area (Å²) < 4.78 is 1.20. The van der Waals surface area contributed by atoms with E-state index in [1.807, 2.05) is 0 Å². The molecule has 2 nitrogen and oxygen atoms in total. The van der Waals surface area contributed by atoms with E-state index in [0.717, 1.165) is 28.3 Å². The average Bonchev–Trinajstić information content (AvgIpc) is 3.18. The van der Waals surface area contributed by atoms with Gasteiger partial charge in [-0.2, -0.15) is 0 Å². The molecule has 0 radical (unpaired) electrons. The molecule has 0 saturated carbocycles. The first-order valence-electron chi connectivity index (χ1n) is 9.48. The van der Waals surface area contributed by atoms with Crippen molar-refractivity contribution in [2.24, 2.45) is 5.92 Å². The van der Waals surface area contributed by atoms with Crippen molar-refractivity contribution in [3.8, 4) is 0 Å². The molecule has 144 valence electrons. The van der Waals surface area contributed by atoms with Gasteiger partial charge in [0.25, 0.3) is 0 Å². The second kappa shape index (κ2) is 7.32. The highest BCUT2D eigenvalue weighted by molar-refractivity contribution is 7.13. The van der Waals surface area contributed by atoms with E-state index < -0.39 is 5.60 Å². The molecule has 2 saturated heterocycles. The molecule has 1 N–H and O–H groups in total. The second-order valence-corrected chi connectivity index (χ2v) is 11.3. The van der Waals surface area contributed by atoms with Crippen molar-refractivity contribution in [2.45, 2.75) is 63.6 Å². The fraction of sp³-hybridized carbons (Fsp3) is 0.619. The number of halogens is 1. The zero-order chi connectivity index (χ0) is 17.8. The van der Waals surface area contributed by atoms with Gasteiger partial charge in [-0.15, -0.1) is 22.7 Å². The van der Waals surface area contributed by atoms with Crippen LogP contribution in [0.2, 0.25) is 0 Å². The van der Waals surface area contributed by atoms with E-state index in [0.29, 0.717) is 5.92 Å². The van der Waals surface area contributed by atoms with Crippen LogP contribution in [0.15, 0.2) is 24.3 Å². The molecule has 2 aromatic rings. The molecule has 4 rings (SSSR count). The first kappa shape index (κ1) is 20.5. The van der Waals surface area contributed by atoms with Crippen molar-refractivity contribution in [3.05, 3.63) is 43.8 Å². The lowest BCUT2D eigenvalue weighted by Crippen LogP contribution is -3.00. The van der Waals surface area contributed by atoms with Gasteiger partial charge in [0, 0.05) is 45.2 Å². The molecular weight excluding hydrogens is 426 g/mol. The molecule has 2 fully saturated rings. The number of aliphatic hydroxyl groups is 1. The predicted molar refractivity (Wildman–Crippen MR) is 107 cm³/mol. The Morgan fingerprint density at radius 1 is 0.962 bits per heavy atom. The Morgan fingerprint density at radius 2 is 1.42 bits per heavy atom. The summed E-state index contributed by atoms with van der Waals surface area (Å²) in [6.45, 7) is 4.27. The molecule has 5 heteroatoms. The summed E-state index contributed by atoms with van der Waals surface area (Å²) in [6.07, 6.45) is 6.13. The highest BCUT2D eigenvalue weighted by atomic mass is 79.9. The maximum absolute atomic E-state index is 11.9. The van der Waals surface area contributed by atoms with Gasteiger partial charge in [0.05, 0.1) is 26.2 Å². The zero-order valence-electron chi connectivity index (χ0n) is 16.2. The van der Waals surface area contributed by atoms with Gasteiger partial charge in [0.1, 0.15) is 5.60 Å². The third-order valence-electron chi connectivity index (χ3n) is 6.81. The number of nitrogens with zero attached hydrogens (tertiary/aromatic N) is 1. The molecule has 1 unspecified atom stereocenters. The van der Waals surface area contributed by atoms with Crippen molar-refractivity contribution < 1.29 is 26.6 Å². The van der Waals surface area contributed by atoms with Gasteiger partial charge in [0.2, 0.25) is 0 Å². The van der Waals surface area contributed by atoms with Gasteiger partial charge >= 0.3 is 0 Å². The minimum Gasteiger partial charge on any atom is -1.00 e. The number of hydrogen-bond acceptors (Lipinski definition) is 3. The van der Waals surface area contributed by atoms with E-state index in [2.05, 4.69) is 52.2 Å². The highest BCUT2D eigenvalue weighted by Gasteiger charge is 2.50. The molecule has 0 amide bonds. The fourth-order valence-corrected chi connectivity index (χ4v) is 7.24. The second-order valence-electron chi connectivity index (χ2n) is 8.74. The summed E-state index contributed by atoms with van der Waals surface area (Å²) in [5, 5.41) is 11.9. The fourth-order valence-electron chi connectivity index (χ4n) is 5.21. The molecule has 2 aromatic heterocycles. The van der Waals surface area contributed by atoms with Crippen LogP contribution in [0, 0.1) is 19.8 Å². The predicted octanol–water partition coefficient (Wildman–Crippen LogP) is 2.07. The SMILES string of the molecule is Cc1ccc(C(O)(CC2C[C@H]3CC[C@@H](C2)[N+]3(C)C)c2ccc(C)s2)s1.[Br-]. The molecule has 2 bridgehead atoms. The lowest BCUT2D eigenvalue weighted by atomic mass is 9.79. The van der Waals surface area contributed by atoms with Crippen LogP contribution in [0.4, 0.5) is 0 Å². The number of quaternary nitrogens is 1. The third-order valence-corrected chi connectivity index (χ3v) is 9.11. The Kier molecular flexibility index (Phi) is 5.78. The molecule has 3 atom stereocenters. The average molecular weight is 457 g/mol. The van der Waals surface area contributed by atoms with E-state index >= 15 is 0 Å². The number of rotatable bonds is 4. The molecule has 0 aliphatic carbocycles. The van der Waals surface area contributed by atoms with Gasteiger partial charge in [0.15, 0.2) is 0 Å². The van der Waals surface area contributed by atoms with Crippen LogP contribution in [0.5, 0.6) is 0 Å². The van der Waals surface area contributed by atoms with E-state index in [1.54, 1.807) is 22.7 Å². The van der Waals surface area contributed by atoms with Crippen LogP contribution in [-0.2, 0) is 5.60 Å². The van der Waals surface area contributed by atoms with Gasteiger partial charge < -0.3 is 26.6 Å². The Labute approximate surface area is 176 Å². The van der Waals surface area contributed by atoms with Gasteiger partial charge in [-0.1, -0.05) is 0 Å². The van der Waals surface area contributed by atoms with Crippen molar-refractivity contribution in [2.75, 3.05) is 14.1 Å². The molecular formula is C21H30BrNOS2. The number of aryl methyl sites for hydroxylation is 2. The van der Waals surface area contributed by atoms with Crippen LogP contribution in [0.3, 0.4) is 0 Å². The summed E-state index contributed by atoms with van der Waals surface area (Å²) >= 11 is 3.51. The zero-order valence-corrected chi connectivity index (χ0v) is 19.4. The summed E-state index contributed by atoms with van der Waals surface area (Å²) in [5.41, 5.74) is -0.809. The summed E-state index contributed by atoms with van der Waals surface area (Å²) in [4.78, 5) is 4.81. The standard InChI is InChI=1S/C21H30NOS2.BrH/c1-14-5-9-19(24-14)21(23,20-10-6-15(2)25-20)13-16-11-17-7-8-18(12-16)22(17,3)4;/h5-6,9-10,16-18,23H,7-8,11-13H2,1-4H3;1H/q+1;/p-1/t16?,17-,18+;. The number of thiophene rings is 2. The van der Waals surface area contributed by atoms with Crippen LogP contribution < -0.4 is 17.0 Å². The van der Waals surface area contributed by atoms with Crippen LogP contribution >= 0.6 is 22.7 Å². The van der Waals surface area contributed by atoms with Crippen molar-refractivity contribution in [3.63, 3.8) is 0 Å². The molecule has 2 aliphatic rings. The minimum absolute atomic E-state index is 0. The largest absolute Gasteiger partial charge is 1.00 e. The Balaban J connectivity index is 0.00000196. The number of hydrogen-bond donors (Lipinski definition) is 1. The molecule has 4 heterocycles. The maximum atomic E-state index is 11.9. The van der Waals surface area contributed by atoms with Gasteiger partial charge in [-0.25, -0.2) is 0 Å². The van der Waals surface area contributed by atoms with Crippen molar-refractivity contribution in [1.29, 1.82) is 0 Å². The van der Waals surface area contributed by atoms with Crippen molar-refractivity contribution >= 4 is 22.7 Å². The highest BCUT2D eigenvalue weighted by Crippen LogP contribution is 2.49. The van der Waals surface area contributed by atoms with Gasteiger partial charge in [-0.3, -0.25) is 0 Å². The summed E-state index contributed by atoms with van der Waals surface area (Å²) in [6, 6.07) is 10.1. The molecule has 26 heavy (non-hydrogen) atoms. The lowest BCUT2D eigenvalue weighted by molar-refractivity contribution is -0.931. The topological polar surface area (TPSA) is 20.2 Å². The minimum atomic E-state index is -0.809. The van der Waals surface area contributed by atoms with E-state index in [9.17, 15) is 5.11 Å². The Hall–Kier alpha value is -0.200. The molecule has 2 aliphatic heterocycles. The summed E-state index contributed by atoms with van der Waals surface area (Å²) in [7, 11) is 4.83. The number of fused-ring (bicyclic) bond motifs is 2. The normalized spacial score (nSPS) is 27.3. The first-order chi connectivity index (χ1) is 11.8. The van der Waals surface area contributed by atoms with Crippen LogP contribution in [0.1, 0.15) is 51.6 Å². The van der Waals surface area contributed by atoms with E-state index in [-0.39, 0.29) is 17.0 Å². The van der Waals surface area contributed by atoms with Crippen LogP contribution in [0.25, 0.3) is 0 Å². The molecule has 0 spiro atoms. The van der Waals surface area contributed by atoms with Crippen molar-refractivity contribution in [1.82, 2.24) is 0 Å². The Bertz CT molecular complexity index is 709. The third kappa shape index (κ3) is 3.46. The number of piperidine rings is 1. The van der Waals surface area contributed by atoms with Gasteiger partial charge in [-0.05, 0) is 50.5 Å². The maximum Gasteiger partial charge on any atom is 0.133 e. The first-order valence-corrected chi connectivity index (χ1v) is 11.1. The van der Waals surface area contributed by atoms with E-state index in [1.165, 1.54) is 39.9 Å². The lowest BCUT2D eigenvalue weighted by Gasteiger charge is -2.45. The van der Waals surface area contributed by atoms with E-state index in [4.69, 9.17) is 0 Å². The summed E-state index contributed by atoms with van der Waals surface area (Å²) in [5.74, 6) is 0.624. The Morgan fingerprint density at radius 3 is 1.81 bits per heavy atom. The monoisotopic (exact) mass is 455 g/mol. The molecule has 0 aromatic carbocycles. The smallest absolute Gasteiger partial charge is 0.133 e.